The van der Waals surface area contributed by atoms with Crippen molar-refractivity contribution < 1.29 is 23.1 Å². The lowest BCUT2D eigenvalue weighted by atomic mass is 10.3. The second kappa shape index (κ2) is 5.53. The van der Waals surface area contributed by atoms with Gasteiger partial charge in [0, 0.05) is 5.02 Å². The lowest BCUT2D eigenvalue weighted by molar-refractivity contribution is -0.141. The van der Waals surface area contributed by atoms with Gasteiger partial charge in [-0.2, -0.15) is 13.2 Å². The van der Waals surface area contributed by atoms with Crippen molar-refractivity contribution in [2.75, 3.05) is 5.75 Å². The first-order chi connectivity index (χ1) is 9.26. The van der Waals surface area contributed by atoms with Crippen LogP contribution in [0, 0.1) is 0 Å². The van der Waals surface area contributed by atoms with E-state index in [1.54, 1.807) is 0 Å². The minimum absolute atomic E-state index is 0.00184. The van der Waals surface area contributed by atoms with Gasteiger partial charge in [-0.15, -0.1) is 0 Å². The van der Waals surface area contributed by atoms with Crippen molar-refractivity contribution in [3.05, 3.63) is 23.2 Å². The molecule has 1 aromatic carbocycles. The third-order valence-electron chi connectivity index (χ3n) is 2.34. The Kier molecular flexibility index (Phi) is 4.14. The number of nitrogens with zero attached hydrogens (tertiary/aromatic N) is 2. The van der Waals surface area contributed by atoms with Gasteiger partial charge in [0.15, 0.2) is 5.16 Å². The largest absolute Gasteiger partial charge is 0.481 e. The summed E-state index contributed by atoms with van der Waals surface area (Å²) >= 11 is 6.51. The molecule has 0 aliphatic heterocycles. The van der Waals surface area contributed by atoms with Gasteiger partial charge in [-0.25, -0.2) is 4.98 Å². The van der Waals surface area contributed by atoms with Crippen LogP contribution in [0.3, 0.4) is 0 Å². The van der Waals surface area contributed by atoms with Crippen LogP contribution in [0.15, 0.2) is 23.4 Å². The number of carbonyl (C=O) groups is 1. The van der Waals surface area contributed by atoms with Crippen molar-refractivity contribution >= 4 is 40.4 Å². The lowest BCUT2D eigenvalue weighted by Gasteiger charge is -2.11. The molecule has 0 radical (unpaired) electrons. The molecule has 108 valence electrons. The van der Waals surface area contributed by atoms with Crippen LogP contribution in [0.2, 0.25) is 5.02 Å². The number of rotatable bonds is 4. The van der Waals surface area contributed by atoms with Gasteiger partial charge in [0.2, 0.25) is 0 Å². The average Bonchev–Trinajstić information content (AvgIpc) is 2.62. The molecule has 20 heavy (non-hydrogen) atoms. The van der Waals surface area contributed by atoms with Crippen molar-refractivity contribution in [1.82, 2.24) is 9.55 Å². The zero-order chi connectivity index (χ0) is 14.9. The fourth-order valence-electron chi connectivity index (χ4n) is 1.65. The summed E-state index contributed by atoms with van der Waals surface area (Å²) in [5.74, 6) is -1.49. The number of aromatic nitrogens is 2. The predicted octanol–water partition coefficient (Wildman–Crippen LogP) is 3.43. The maximum Gasteiger partial charge on any atom is 0.406 e. The number of halogens is 4. The van der Waals surface area contributed by atoms with Crippen LogP contribution in [0.25, 0.3) is 11.0 Å². The Labute approximate surface area is 120 Å². The van der Waals surface area contributed by atoms with E-state index in [2.05, 4.69) is 4.98 Å². The highest BCUT2D eigenvalue weighted by Gasteiger charge is 2.30. The molecule has 9 heteroatoms. The van der Waals surface area contributed by atoms with Crippen LogP contribution in [0.5, 0.6) is 0 Å². The zero-order valence-electron chi connectivity index (χ0n) is 9.82. The molecule has 0 amide bonds. The first-order valence-corrected chi connectivity index (χ1v) is 6.70. The topological polar surface area (TPSA) is 55.1 Å². The van der Waals surface area contributed by atoms with E-state index in [1.165, 1.54) is 18.2 Å². The van der Waals surface area contributed by atoms with Gasteiger partial charge < -0.3 is 9.67 Å². The van der Waals surface area contributed by atoms with Crippen LogP contribution < -0.4 is 0 Å². The third-order valence-corrected chi connectivity index (χ3v) is 3.53. The normalized spacial score (nSPS) is 12.0. The molecular weight excluding hydrogens is 317 g/mol. The Balaban J connectivity index is 2.47. The number of thioether (sulfide) groups is 1. The van der Waals surface area contributed by atoms with Gasteiger partial charge in [0.05, 0.1) is 16.8 Å². The van der Waals surface area contributed by atoms with Crippen molar-refractivity contribution in [3.8, 4) is 0 Å². The zero-order valence-corrected chi connectivity index (χ0v) is 11.4. The Hall–Kier alpha value is -1.41. The van der Waals surface area contributed by atoms with Gasteiger partial charge >= 0.3 is 12.1 Å². The summed E-state index contributed by atoms with van der Waals surface area (Å²) in [5.41, 5.74) is 0.564. The highest BCUT2D eigenvalue weighted by molar-refractivity contribution is 7.99. The first-order valence-electron chi connectivity index (χ1n) is 5.33. The van der Waals surface area contributed by atoms with Gasteiger partial charge in [0.1, 0.15) is 6.54 Å². The van der Waals surface area contributed by atoms with Crippen LogP contribution in [-0.4, -0.2) is 32.6 Å². The SMILES string of the molecule is O=C(O)CSc1nc2cc(Cl)ccc2n1CC(F)(F)F. The fraction of sp³-hybridized carbons (Fsp3) is 0.273. The quantitative estimate of drug-likeness (QED) is 0.875. The highest BCUT2D eigenvalue weighted by Crippen LogP contribution is 2.29. The number of carboxylic acids is 1. The van der Waals surface area contributed by atoms with Crippen LogP contribution in [0.1, 0.15) is 0 Å². The summed E-state index contributed by atoms with van der Waals surface area (Å²) in [6.07, 6.45) is -4.42. The van der Waals surface area contributed by atoms with E-state index in [4.69, 9.17) is 16.7 Å². The Morgan fingerprint density at radius 3 is 2.75 bits per heavy atom. The molecule has 0 fully saturated rings. The number of benzene rings is 1. The van der Waals surface area contributed by atoms with E-state index in [9.17, 15) is 18.0 Å². The summed E-state index contributed by atoms with van der Waals surface area (Å²) in [6.45, 7) is -1.23. The third kappa shape index (κ3) is 3.57. The number of aliphatic carboxylic acids is 1. The lowest BCUT2D eigenvalue weighted by Crippen LogP contribution is -2.18. The molecule has 0 saturated carbocycles. The van der Waals surface area contributed by atoms with Crippen LogP contribution in [0.4, 0.5) is 13.2 Å². The Bertz CT molecular complexity index is 657. The molecular formula is C11H8ClF3N2O2S. The maximum atomic E-state index is 12.6. The van der Waals surface area contributed by atoms with E-state index in [-0.39, 0.29) is 16.4 Å². The smallest absolute Gasteiger partial charge is 0.406 e. The molecule has 2 rings (SSSR count). The van der Waals surface area contributed by atoms with Crippen molar-refractivity contribution in [1.29, 1.82) is 0 Å². The summed E-state index contributed by atoms with van der Waals surface area (Å²) in [7, 11) is 0. The summed E-state index contributed by atoms with van der Waals surface area (Å²) in [4.78, 5) is 14.5. The van der Waals surface area contributed by atoms with Gasteiger partial charge in [-0.05, 0) is 18.2 Å². The number of carboxylic acid groups (broad SMARTS) is 1. The molecule has 2 aromatic rings. The average molecular weight is 325 g/mol. The highest BCUT2D eigenvalue weighted by atomic mass is 35.5. The molecule has 1 N–H and O–H groups in total. The molecule has 0 spiro atoms. The van der Waals surface area contributed by atoms with Crippen molar-refractivity contribution in [2.45, 2.75) is 17.9 Å². The van der Waals surface area contributed by atoms with E-state index < -0.39 is 18.7 Å². The summed E-state index contributed by atoms with van der Waals surface area (Å²) in [6, 6.07) is 4.33. The van der Waals surface area contributed by atoms with Crippen LogP contribution >= 0.6 is 23.4 Å². The summed E-state index contributed by atoms with van der Waals surface area (Å²) < 4.78 is 38.8. The van der Waals surface area contributed by atoms with Gasteiger partial charge in [0.25, 0.3) is 0 Å². The molecule has 0 saturated heterocycles. The fourth-order valence-corrected chi connectivity index (χ4v) is 2.55. The molecule has 0 aliphatic carbocycles. The van der Waals surface area contributed by atoms with Gasteiger partial charge in [-0.3, -0.25) is 4.79 Å². The minimum atomic E-state index is -4.42. The molecule has 0 unspecified atom stereocenters. The van der Waals surface area contributed by atoms with E-state index in [0.29, 0.717) is 10.5 Å². The van der Waals surface area contributed by atoms with Crippen molar-refractivity contribution in [2.24, 2.45) is 0 Å². The number of hydrogen-bond acceptors (Lipinski definition) is 3. The molecule has 0 aliphatic rings. The molecule has 4 nitrogen and oxygen atoms in total. The number of fused-ring (bicyclic) bond motifs is 1. The van der Waals surface area contributed by atoms with E-state index >= 15 is 0 Å². The second-order valence-electron chi connectivity index (χ2n) is 3.91. The Morgan fingerprint density at radius 2 is 2.15 bits per heavy atom. The number of hydrogen-bond donors (Lipinski definition) is 1. The number of alkyl halides is 3. The second-order valence-corrected chi connectivity index (χ2v) is 5.29. The summed E-state index contributed by atoms with van der Waals surface area (Å²) in [5, 5.41) is 8.97. The standard InChI is InChI=1S/C11H8ClF3N2O2S/c12-6-1-2-8-7(3-6)16-10(20-4-9(18)19)17(8)5-11(13,14)15/h1-3H,4-5H2,(H,18,19). The first kappa shape index (κ1) is 15.0. The van der Waals surface area contributed by atoms with E-state index in [0.717, 1.165) is 16.3 Å². The minimum Gasteiger partial charge on any atom is -0.481 e. The Morgan fingerprint density at radius 1 is 1.45 bits per heavy atom. The van der Waals surface area contributed by atoms with Gasteiger partial charge in [-0.1, -0.05) is 23.4 Å². The number of imidazole rings is 1. The predicted molar refractivity (Wildman–Crippen MR) is 69.2 cm³/mol. The molecule has 0 atom stereocenters. The van der Waals surface area contributed by atoms with Crippen LogP contribution in [-0.2, 0) is 11.3 Å². The monoisotopic (exact) mass is 324 g/mol. The van der Waals surface area contributed by atoms with Crippen molar-refractivity contribution in [3.63, 3.8) is 0 Å². The molecule has 0 bridgehead atoms. The van der Waals surface area contributed by atoms with E-state index in [1.807, 2.05) is 0 Å². The molecule has 1 heterocycles. The molecule has 1 aromatic heterocycles. The maximum absolute atomic E-state index is 12.6.